The molecule has 1 amide bonds. The summed E-state index contributed by atoms with van der Waals surface area (Å²) in [6, 6.07) is 2.03. The van der Waals surface area contributed by atoms with Gasteiger partial charge in [0.05, 0.1) is 5.69 Å². The van der Waals surface area contributed by atoms with E-state index in [0.717, 1.165) is 42.4 Å². The van der Waals surface area contributed by atoms with Gasteiger partial charge >= 0.3 is 0 Å². The number of aromatic nitrogens is 5. The maximum atomic E-state index is 12.5. The molecule has 1 aliphatic rings. The van der Waals surface area contributed by atoms with Gasteiger partial charge in [0.15, 0.2) is 5.82 Å². The van der Waals surface area contributed by atoms with E-state index in [-0.39, 0.29) is 11.8 Å². The summed E-state index contributed by atoms with van der Waals surface area (Å²) in [5.41, 5.74) is 2.09. The van der Waals surface area contributed by atoms with Crippen LogP contribution in [0.15, 0.2) is 6.07 Å². The SMILES string of the molecule is Cc1cc(C)n(CCC(=O)N2CCCC(c3n[nH]c(C)n3)C2)n1. The number of hydrogen-bond donors (Lipinski definition) is 1. The summed E-state index contributed by atoms with van der Waals surface area (Å²) in [5.74, 6) is 2.09. The maximum absolute atomic E-state index is 12.5. The molecule has 0 bridgehead atoms. The first-order valence-corrected chi connectivity index (χ1v) is 8.20. The topological polar surface area (TPSA) is 79.7 Å². The number of amides is 1. The number of carbonyl (C=O) groups excluding carboxylic acids is 1. The molecule has 1 unspecified atom stereocenters. The van der Waals surface area contributed by atoms with Gasteiger partial charge in [-0.15, -0.1) is 0 Å². The van der Waals surface area contributed by atoms with Crippen LogP contribution in [0.2, 0.25) is 0 Å². The molecule has 1 fully saturated rings. The van der Waals surface area contributed by atoms with Gasteiger partial charge in [-0.3, -0.25) is 14.6 Å². The van der Waals surface area contributed by atoms with Crippen LogP contribution < -0.4 is 0 Å². The van der Waals surface area contributed by atoms with Crippen LogP contribution in [0.4, 0.5) is 0 Å². The van der Waals surface area contributed by atoms with Gasteiger partial charge in [0, 0.05) is 37.7 Å². The summed E-state index contributed by atoms with van der Waals surface area (Å²) in [6.45, 7) is 8.07. The van der Waals surface area contributed by atoms with Gasteiger partial charge < -0.3 is 4.90 Å². The first kappa shape index (κ1) is 15.7. The summed E-state index contributed by atoms with van der Waals surface area (Å²) in [7, 11) is 0. The van der Waals surface area contributed by atoms with Crippen LogP contribution in [0.5, 0.6) is 0 Å². The van der Waals surface area contributed by atoms with E-state index in [0.29, 0.717) is 19.5 Å². The number of nitrogens with one attached hydrogen (secondary N) is 1. The van der Waals surface area contributed by atoms with E-state index >= 15 is 0 Å². The third-order valence-electron chi connectivity index (χ3n) is 4.39. The Labute approximate surface area is 136 Å². The van der Waals surface area contributed by atoms with E-state index in [9.17, 15) is 4.79 Å². The zero-order chi connectivity index (χ0) is 16.4. The third-order valence-corrected chi connectivity index (χ3v) is 4.39. The van der Waals surface area contributed by atoms with Crippen molar-refractivity contribution in [3.8, 4) is 0 Å². The number of piperidine rings is 1. The van der Waals surface area contributed by atoms with E-state index in [4.69, 9.17) is 0 Å². The monoisotopic (exact) mass is 316 g/mol. The van der Waals surface area contributed by atoms with E-state index in [1.54, 1.807) is 0 Å². The molecule has 3 rings (SSSR count). The number of H-pyrrole nitrogens is 1. The zero-order valence-corrected chi connectivity index (χ0v) is 14.0. The number of rotatable bonds is 4. The molecule has 0 aliphatic carbocycles. The van der Waals surface area contributed by atoms with Crippen LogP contribution in [0.25, 0.3) is 0 Å². The summed E-state index contributed by atoms with van der Waals surface area (Å²) in [5, 5.41) is 11.6. The first-order chi connectivity index (χ1) is 11.0. The Kier molecular flexibility index (Phi) is 4.45. The summed E-state index contributed by atoms with van der Waals surface area (Å²) >= 11 is 0. The number of aryl methyl sites for hydroxylation is 4. The molecule has 7 nitrogen and oxygen atoms in total. The molecule has 0 spiro atoms. The second-order valence-corrected chi connectivity index (χ2v) is 6.36. The van der Waals surface area contributed by atoms with Crippen molar-refractivity contribution in [3.05, 3.63) is 29.1 Å². The second-order valence-electron chi connectivity index (χ2n) is 6.36. The number of carbonyl (C=O) groups is 1. The van der Waals surface area contributed by atoms with Gasteiger partial charge in [-0.2, -0.15) is 10.2 Å². The molecule has 3 heterocycles. The lowest BCUT2D eigenvalue weighted by Gasteiger charge is -2.31. The quantitative estimate of drug-likeness (QED) is 0.931. The summed E-state index contributed by atoms with van der Waals surface area (Å²) in [6.07, 6.45) is 2.53. The molecule has 124 valence electrons. The highest BCUT2D eigenvalue weighted by Gasteiger charge is 2.27. The Morgan fingerprint density at radius 1 is 1.39 bits per heavy atom. The molecule has 2 aromatic heterocycles. The highest BCUT2D eigenvalue weighted by atomic mass is 16.2. The molecule has 7 heteroatoms. The molecule has 0 saturated carbocycles. The molecule has 0 aromatic carbocycles. The van der Waals surface area contributed by atoms with Crippen LogP contribution >= 0.6 is 0 Å². The van der Waals surface area contributed by atoms with Crippen molar-refractivity contribution in [1.29, 1.82) is 0 Å². The van der Waals surface area contributed by atoms with Crippen molar-refractivity contribution >= 4 is 5.91 Å². The van der Waals surface area contributed by atoms with Crippen LogP contribution in [0.3, 0.4) is 0 Å². The van der Waals surface area contributed by atoms with Crippen LogP contribution in [0.1, 0.15) is 48.2 Å². The Balaban J connectivity index is 1.57. The van der Waals surface area contributed by atoms with Crippen molar-refractivity contribution in [1.82, 2.24) is 29.9 Å². The van der Waals surface area contributed by atoms with Gasteiger partial charge in [0.1, 0.15) is 5.82 Å². The Morgan fingerprint density at radius 2 is 2.22 bits per heavy atom. The molecule has 23 heavy (non-hydrogen) atoms. The molecule has 1 atom stereocenters. The number of nitrogens with zero attached hydrogens (tertiary/aromatic N) is 5. The smallest absolute Gasteiger partial charge is 0.224 e. The Bertz CT molecular complexity index is 689. The van der Waals surface area contributed by atoms with Gasteiger partial charge in [0.2, 0.25) is 5.91 Å². The van der Waals surface area contributed by atoms with Gasteiger partial charge in [-0.1, -0.05) is 0 Å². The highest BCUT2D eigenvalue weighted by Crippen LogP contribution is 2.24. The molecule has 1 aliphatic heterocycles. The van der Waals surface area contributed by atoms with E-state index < -0.39 is 0 Å². The minimum Gasteiger partial charge on any atom is -0.342 e. The van der Waals surface area contributed by atoms with Crippen molar-refractivity contribution in [2.45, 2.75) is 52.5 Å². The Morgan fingerprint density at radius 3 is 2.87 bits per heavy atom. The van der Waals surface area contributed by atoms with Crippen molar-refractivity contribution < 1.29 is 4.79 Å². The van der Waals surface area contributed by atoms with Gasteiger partial charge in [-0.05, 0) is 39.7 Å². The zero-order valence-electron chi connectivity index (χ0n) is 14.0. The lowest BCUT2D eigenvalue weighted by molar-refractivity contribution is -0.132. The van der Waals surface area contributed by atoms with Crippen LogP contribution in [-0.2, 0) is 11.3 Å². The normalized spacial score (nSPS) is 18.4. The number of aromatic amines is 1. The predicted octanol–water partition coefficient (Wildman–Crippen LogP) is 1.72. The van der Waals surface area contributed by atoms with Crippen molar-refractivity contribution in [3.63, 3.8) is 0 Å². The molecule has 0 radical (unpaired) electrons. The van der Waals surface area contributed by atoms with Crippen molar-refractivity contribution in [2.75, 3.05) is 13.1 Å². The van der Waals surface area contributed by atoms with Gasteiger partial charge in [0.25, 0.3) is 0 Å². The number of hydrogen-bond acceptors (Lipinski definition) is 4. The van der Waals surface area contributed by atoms with E-state index in [1.807, 2.05) is 36.4 Å². The molecular formula is C16H24N6O. The van der Waals surface area contributed by atoms with E-state index in [2.05, 4.69) is 20.3 Å². The standard InChI is InChI=1S/C16H24N6O/c1-11-9-12(2)22(20-11)8-6-15(23)21-7-4-5-14(10-21)16-17-13(3)18-19-16/h9,14H,4-8,10H2,1-3H3,(H,17,18,19). The Hall–Kier alpha value is -2.18. The summed E-state index contributed by atoms with van der Waals surface area (Å²) in [4.78, 5) is 18.9. The fourth-order valence-electron chi connectivity index (χ4n) is 3.22. The minimum absolute atomic E-state index is 0.189. The molecule has 2 aromatic rings. The van der Waals surface area contributed by atoms with Crippen molar-refractivity contribution in [2.24, 2.45) is 0 Å². The maximum Gasteiger partial charge on any atom is 0.224 e. The van der Waals surface area contributed by atoms with Gasteiger partial charge in [-0.25, -0.2) is 4.98 Å². The molecular weight excluding hydrogens is 292 g/mol. The first-order valence-electron chi connectivity index (χ1n) is 8.20. The average molecular weight is 316 g/mol. The fraction of sp³-hybridized carbons (Fsp3) is 0.625. The minimum atomic E-state index is 0.189. The van der Waals surface area contributed by atoms with Crippen LogP contribution in [0, 0.1) is 20.8 Å². The molecule has 1 saturated heterocycles. The lowest BCUT2D eigenvalue weighted by atomic mass is 9.97. The largest absolute Gasteiger partial charge is 0.342 e. The third kappa shape index (κ3) is 3.60. The van der Waals surface area contributed by atoms with E-state index in [1.165, 1.54) is 0 Å². The second kappa shape index (κ2) is 6.52. The summed E-state index contributed by atoms with van der Waals surface area (Å²) < 4.78 is 1.91. The highest BCUT2D eigenvalue weighted by molar-refractivity contribution is 5.76. The van der Waals surface area contributed by atoms with Crippen LogP contribution in [-0.4, -0.2) is 48.9 Å². The fourth-order valence-corrected chi connectivity index (χ4v) is 3.22. The lowest BCUT2D eigenvalue weighted by Crippen LogP contribution is -2.39. The predicted molar refractivity (Wildman–Crippen MR) is 86.0 cm³/mol. The molecule has 1 N–H and O–H groups in total. The number of likely N-dealkylation sites (tertiary alicyclic amines) is 1. The average Bonchev–Trinajstić information content (AvgIpc) is 3.10.